The second-order valence-electron chi connectivity index (χ2n) is 5.59. The Morgan fingerprint density at radius 2 is 1.92 bits per heavy atom. The molecule has 2 rings (SSSR count). The largest absolute Gasteiger partial charge is 0.244 e. The van der Waals surface area contributed by atoms with Gasteiger partial charge in [0.2, 0.25) is 0 Å². The van der Waals surface area contributed by atoms with Crippen LogP contribution in [0.15, 0.2) is 0 Å². The Bertz CT molecular complexity index is 186. The molecule has 0 spiro atoms. The number of alkyl halides is 1. The summed E-state index contributed by atoms with van der Waals surface area (Å²) in [5, 5.41) is 0. The van der Waals surface area contributed by atoms with Gasteiger partial charge in [0.15, 0.2) is 0 Å². The van der Waals surface area contributed by atoms with Crippen molar-refractivity contribution in [3.05, 3.63) is 0 Å². The second kappa shape index (κ2) is 3.25. The van der Waals surface area contributed by atoms with Crippen molar-refractivity contribution in [1.29, 1.82) is 0 Å². The van der Waals surface area contributed by atoms with E-state index < -0.39 is 5.67 Å². The lowest BCUT2D eigenvalue weighted by atomic mass is 9.65. The van der Waals surface area contributed by atoms with E-state index >= 15 is 0 Å². The normalized spacial score (nSPS) is 51.5. The van der Waals surface area contributed by atoms with E-state index in [9.17, 15) is 4.39 Å². The first-order valence-electron chi connectivity index (χ1n) is 5.76. The lowest BCUT2D eigenvalue weighted by molar-refractivity contribution is 0.0260. The van der Waals surface area contributed by atoms with Gasteiger partial charge in [0, 0.05) is 0 Å². The fourth-order valence-electron chi connectivity index (χ4n) is 3.32. The van der Waals surface area contributed by atoms with Gasteiger partial charge in [-0.3, -0.25) is 0 Å². The fourth-order valence-corrected chi connectivity index (χ4v) is 3.32. The molecule has 4 atom stereocenters. The molecule has 0 heterocycles. The van der Waals surface area contributed by atoms with Crippen molar-refractivity contribution in [2.24, 2.45) is 17.8 Å². The molecule has 4 unspecified atom stereocenters. The average molecular weight is 184 g/mol. The van der Waals surface area contributed by atoms with E-state index in [2.05, 4.69) is 6.92 Å². The smallest absolute Gasteiger partial charge is 0.108 e. The van der Waals surface area contributed by atoms with Crippen LogP contribution in [0, 0.1) is 17.8 Å². The maximum atomic E-state index is 13.7. The summed E-state index contributed by atoms with van der Waals surface area (Å²) in [6, 6.07) is 0. The van der Waals surface area contributed by atoms with Gasteiger partial charge in [-0.05, 0) is 56.8 Å². The summed E-state index contributed by atoms with van der Waals surface area (Å²) in [6.07, 6.45) is 6.76. The highest BCUT2D eigenvalue weighted by Gasteiger charge is 2.39. The van der Waals surface area contributed by atoms with Crippen molar-refractivity contribution in [2.45, 2.75) is 58.0 Å². The van der Waals surface area contributed by atoms with Crippen molar-refractivity contribution >= 4 is 0 Å². The van der Waals surface area contributed by atoms with E-state index in [4.69, 9.17) is 0 Å². The first-order valence-corrected chi connectivity index (χ1v) is 5.76. The summed E-state index contributed by atoms with van der Waals surface area (Å²) < 4.78 is 13.7. The highest BCUT2D eigenvalue weighted by molar-refractivity contribution is 4.90. The van der Waals surface area contributed by atoms with E-state index in [0.29, 0.717) is 5.92 Å². The maximum absolute atomic E-state index is 13.7. The summed E-state index contributed by atoms with van der Waals surface area (Å²) in [5.74, 6) is 2.46. The van der Waals surface area contributed by atoms with Crippen molar-refractivity contribution in [3.8, 4) is 0 Å². The molecule has 0 amide bonds. The Balaban J connectivity index is 1.98. The van der Waals surface area contributed by atoms with Gasteiger partial charge < -0.3 is 0 Å². The molecule has 0 N–H and O–H groups in total. The molecule has 0 saturated heterocycles. The fraction of sp³-hybridized carbons (Fsp3) is 1.00. The Hall–Kier alpha value is -0.0700. The van der Waals surface area contributed by atoms with Crippen molar-refractivity contribution in [1.82, 2.24) is 0 Å². The molecule has 13 heavy (non-hydrogen) atoms. The first kappa shape index (κ1) is 9.48. The third kappa shape index (κ3) is 2.05. The number of halogens is 1. The predicted molar refractivity (Wildman–Crippen MR) is 53.4 cm³/mol. The zero-order valence-electron chi connectivity index (χ0n) is 8.85. The van der Waals surface area contributed by atoms with Crippen molar-refractivity contribution < 1.29 is 4.39 Å². The lowest BCUT2D eigenvalue weighted by Gasteiger charge is -2.42. The minimum Gasteiger partial charge on any atom is -0.244 e. The summed E-state index contributed by atoms with van der Waals surface area (Å²) in [5.41, 5.74) is -0.845. The van der Waals surface area contributed by atoms with Crippen molar-refractivity contribution in [3.63, 3.8) is 0 Å². The first-order chi connectivity index (χ1) is 6.07. The van der Waals surface area contributed by atoms with Crippen LogP contribution in [0.3, 0.4) is 0 Å². The number of rotatable bonds is 0. The van der Waals surface area contributed by atoms with Gasteiger partial charge in [0.25, 0.3) is 0 Å². The van der Waals surface area contributed by atoms with Gasteiger partial charge in [-0.15, -0.1) is 0 Å². The standard InChI is InChI=1S/C12H21F/c1-9-3-4-11-8-12(2,13)6-5-10(11)7-9/h9-11H,3-8H2,1-2H3. The highest BCUT2D eigenvalue weighted by Crippen LogP contribution is 2.46. The van der Waals surface area contributed by atoms with E-state index in [1.807, 2.05) is 0 Å². The van der Waals surface area contributed by atoms with Gasteiger partial charge in [-0.2, -0.15) is 0 Å². The van der Waals surface area contributed by atoms with E-state index in [0.717, 1.165) is 31.1 Å². The molecule has 0 nitrogen and oxygen atoms in total. The molecule has 1 heteroatoms. The Kier molecular flexibility index (Phi) is 2.37. The predicted octanol–water partition coefficient (Wildman–Crippen LogP) is 3.95. The van der Waals surface area contributed by atoms with Crippen LogP contribution in [0.5, 0.6) is 0 Å². The molecule has 0 aromatic rings. The minimum absolute atomic E-state index is 0.708. The zero-order valence-corrected chi connectivity index (χ0v) is 8.85. The van der Waals surface area contributed by atoms with Crippen LogP contribution < -0.4 is 0 Å². The van der Waals surface area contributed by atoms with Gasteiger partial charge in [-0.25, -0.2) is 4.39 Å². The molecule has 2 aliphatic carbocycles. The number of hydrogen-bond acceptors (Lipinski definition) is 0. The van der Waals surface area contributed by atoms with Gasteiger partial charge in [0.05, 0.1) is 0 Å². The maximum Gasteiger partial charge on any atom is 0.108 e. The van der Waals surface area contributed by atoms with Crippen molar-refractivity contribution in [2.75, 3.05) is 0 Å². The van der Waals surface area contributed by atoms with Crippen LogP contribution in [0.25, 0.3) is 0 Å². The molecule has 2 fully saturated rings. The summed E-state index contributed by atoms with van der Waals surface area (Å²) >= 11 is 0. The number of fused-ring (bicyclic) bond motifs is 1. The molecule has 0 bridgehead atoms. The Morgan fingerprint density at radius 3 is 2.69 bits per heavy atom. The quantitative estimate of drug-likeness (QED) is 0.534. The average Bonchev–Trinajstić information content (AvgIpc) is 2.05. The zero-order chi connectivity index (χ0) is 9.47. The Morgan fingerprint density at radius 1 is 1.15 bits per heavy atom. The topological polar surface area (TPSA) is 0 Å². The van der Waals surface area contributed by atoms with Crippen LogP contribution in [0.2, 0.25) is 0 Å². The SMILES string of the molecule is CC1CCC2CC(C)(F)CCC2C1. The van der Waals surface area contributed by atoms with Crippen LogP contribution in [0.1, 0.15) is 52.4 Å². The molecule has 76 valence electrons. The third-order valence-electron chi connectivity index (χ3n) is 4.13. The summed E-state index contributed by atoms with van der Waals surface area (Å²) in [7, 11) is 0. The van der Waals surface area contributed by atoms with Gasteiger partial charge >= 0.3 is 0 Å². The number of hydrogen-bond donors (Lipinski definition) is 0. The van der Waals surface area contributed by atoms with Crippen LogP contribution >= 0.6 is 0 Å². The van der Waals surface area contributed by atoms with Crippen LogP contribution in [-0.4, -0.2) is 5.67 Å². The van der Waals surface area contributed by atoms with E-state index in [1.54, 1.807) is 6.92 Å². The second-order valence-corrected chi connectivity index (χ2v) is 5.59. The van der Waals surface area contributed by atoms with E-state index in [-0.39, 0.29) is 0 Å². The van der Waals surface area contributed by atoms with Gasteiger partial charge in [0.1, 0.15) is 5.67 Å². The highest BCUT2D eigenvalue weighted by atomic mass is 19.1. The molecular formula is C12H21F. The van der Waals surface area contributed by atoms with Crippen LogP contribution in [0.4, 0.5) is 4.39 Å². The molecule has 2 saturated carbocycles. The molecular weight excluding hydrogens is 163 g/mol. The molecule has 0 aliphatic heterocycles. The minimum atomic E-state index is -0.845. The lowest BCUT2D eigenvalue weighted by Crippen LogP contribution is -2.36. The molecule has 0 aromatic heterocycles. The summed E-state index contributed by atoms with van der Waals surface area (Å²) in [6.45, 7) is 4.14. The monoisotopic (exact) mass is 184 g/mol. The third-order valence-corrected chi connectivity index (χ3v) is 4.13. The van der Waals surface area contributed by atoms with Crippen LogP contribution in [-0.2, 0) is 0 Å². The summed E-state index contributed by atoms with van der Waals surface area (Å²) in [4.78, 5) is 0. The molecule has 0 radical (unpaired) electrons. The molecule has 2 aliphatic rings. The van der Waals surface area contributed by atoms with Gasteiger partial charge in [-0.1, -0.05) is 13.3 Å². The van der Waals surface area contributed by atoms with E-state index in [1.165, 1.54) is 19.3 Å². The Labute approximate surface area is 80.9 Å². The molecule has 0 aromatic carbocycles.